The Hall–Kier alpha value is -3.39. The highest BCUT2D eigenvalue weighted by Crippen LogP contribution is 2.26. The van der Waals surface area contributed by atoms with E-state index in [0.29, 0.717) is 29.9 Å². The quantitative estimate of drug-likeness (QED) is 0.464. The first-order valence-corrected chi connectivity index (χ1v) is 7.75. The molecule has 0 saturated carbocycles. The van der Waals surface area contributed by atoms with E-state index in [1.54, 1.807) is 12.3 Å². The van der Waals surface area contributed by atoms with Crippen molar-refractivity contribution in [2.45, 2.75) is 6.92 Å². The second kappa shape index (κ2) is 7.45. The van der Waals surface area contributed by atoms with Crippen LogP contribution in [0.2, 0.25) is 0 Å². The number of para-hydroxylation sites is 1. The molecule has 0 fully saturated rings. The maximum Gasteiger partial charge on any atom is 0.229 e. The maximum atomic E-state index is 6.14. The standard InChI is InChI=1S/C17H19N7O/c1-2-25-15-9-8-12(10-20-15)22-17-21-11-14(18)16(23-17)24(19)13-6-4-3-5-7-13/h3-11H,2,18-19H2,1H3,(H,21,22,23). The zero-order chi connectivity index (χ0) is 17.6. The van der Waals surface area contributed by atoms with E-state index in [4.69, 9.17) is 16.3 Å². The Morgan fingerprint density at radius 1 is 1.08 bits per heavy atom. The van der Waals surface area contributed by atoms with E-state index >= 15 is 0 Å². The summed E-state index contributed by atoms with van der Waals surface area (Å²) in [5.74, 6) is 7.47. The Balaban J connectivity index is 1.81. The van der Waals surface area contributed by atoms with Gasteiger partial charge in [0.1, 0.15) is 0 Å². The van der Waals surface area contributed by atoms with Crippen LogP contribution in [0.4, 0.5) is 28.8 Å². The van der Waals surface area contributed by atoms with Crippen molar-refractivity contribution in [2.75, 3.05) is 22.7 Å². The molecule has 0 bridgehead atoms. The van der Waals surface area contributed by atoms with Gasteiger partial charge in [0.15, 0.2) is 5.82 Å². The first-order valence-electron chi connectivity index (χ1n) is 7.75. The number of rotatable bonds is 6. The molecule has 0 saturated heterocycles. The van der Waals surface area contributed by atoms with Gasteiger partial charge in [-0.25, -0.2) is 15.8 Å². The molecule has 2 aromatic heterocycles. The Morgan fingerprint density at radius 3 is 2.56 bits per heavy atom. The third kappa shape index (κ3) is 3.93. The smallest absolute Gasteiger partial charge is 0.229 e. The van der Waals surface area contributed by atoms with E-state index in [0.717, 1.165) is 11.4 Å². The first kappa shape index (κ1) is 16.5. The number of nitrogens with two attached hydrogens (primary N) is 2. The molecule has 0 spiro atoms. The fourth-order valence-corrected chi connectivity index (χ4v) is 2.16. The topological polar surface area (TPSA) is 115 Å². The summed E-state index contributed by atoms with van der Waals surface area (Å²) in [6.45, 7) is 2.47. The maximum absolute atomic E-state index is 6.14. The number of ether oxygens (including phenoxy) is 1. The zero-order valence-corrected chi connectivity index (χ0v) is 13.8. The van der Waals surface area contributed by atoms with Gasteiger partial charge in [0.25, 0.3) is 0 Å². The lowest BCUT2D eigenvalue weighted by molar-refractivity contribution is 0.327. The summed E-state index contributed by atoms with van der Waals surface area (Å²) in [5, 5.41) is 4.48. The predicted molar refractivity (Wildman–Crippen MR) is 97.9 cm³/mol. The van der Waals surface area contributed by atoms with Gasteiger partial charge < -0.3 is 15.8 Å². The highest BCUT2D eigenvalue weighted by atomic mass is 16.5. The van der Waals surface area contributed by atoms with Gasteiger partial charge in [-0.1, -0.05) is 18.2 Å². The average Bonchev–Trinajstić information content (AvgIpc) is 2.65. The van der Waals surface area contributed by atoms with E-state index in [-0.39, 0.29) is 0 Å². The first-order chi connectivity index (χ1) is 12.2. The van der Waals surface area contributed by atoms with Crippen molar-refractivity contribution in [1.29, 1.82) is 0 Å². The lowest BCUT2D eigenvalue weighted by Crippen LogP contribution is -2.27. The predicted octanol–water partition coefficient (Wildman–Crippen LogP) is 2.61. The molecule has 0 aliphatic carbocycles. The van der Waals surface area contributed by atoms with Gasteiger partial charge in [-0.15, -0.1) is 0 Å². The van der Waals surface area contributed by atoms with Crippen LogP contribution in [0.5, 0.6) is 5.88 Å². The lowest BCUT2D eigenvalue weighted by Gasteiger charge is -2.19. The van der Waals surface area contributed by atoms with E-state index in [9.17, 15) is 0 Å². The van der Waals surface area contributed by atoms with Crippen LogP contribution in [0.15, 0.2) is 54.9 Å². The monoisotopic (exact) mass is 337 g/mol. The number of nitrogens with zero attached hydrogens (tertiary/aromatic N) is 4. The van der Waals surface area contributed by atoms with Gasteiger partial charge in [0.2, 0.25) is 11.8 Å². The molecule has 25 heavy (non-hydrogen) atoms. The van der Waals surface area contributed by atoms with Crippen LogP contribution >= 0.6 is 0 Å². The average molecular weight is 337 g/mol. The van der Waals surface area contributed by atoms with Crippen LogP contribution in [-0.4, -0.2) is 21.6 Å². The van der Waals surface area contributed by atoms with Crippen LogP contribution in [-0.2, 0) is 0 Å². The third-order valence-corrected chi connectivity index (χ3v) is 3.34. The highest BCUT2D eigenvalue weighted by Gasteiger charge is 2.12. The Bertz CT molecular complexity index is 824. The van der Waals surface area contributed by atoms with E-state index in [1.807, 2.05) is 43.3 Å². The van der Waals surface area contributed by atoms with Gasteiger partial charge in [0, 0.05) is 6.07 Å². The number of nitrogens with one attached hydrogen (secondary N) is 1. The normalized spacial score (nSPS) is 10.3. The summed E-state index contributed by atoms with van der Waals surface area (Å²) >= 11 is 0. The number of hydrogen-bond acceptors (Lipinski definition) is 8. The number of aromatic nitrogens is 3. The van der Waals surface area contributed by atoms with Crippen molar-refractivity contribution in [2.24, 2.45) is 5.84 Å². The SMILES string of the molecule is CCOc1ccc(Nc2ncc(N)c(N(N)c3ccccc3)n2)cn1. The third-order valence-electron chi connectivity index (χ3n) is 3.34. The number of anilines is 5. The molecule has 0 unspecified atom stereocenters. The molecule has 8 nitrogen and oxygen atoms in total. The van der Waals surface area contributed by atoms with Crippen molar-refractivity contribution in [3.63, 3.8) is 0 Å². The van der Waals surface area contributed by atoms with Crippen molar-refractivity contribution in [3.8, 4) is 5.88 Å². The molecule has 0 atom stereocenters. The van der Waals surface area contributed by atoms with Crippen molar-refractivity contribution >= 4 is 28.8 Å². The van der Waals surface area contributed by atoms with Crippen LogP contribution in [0, 0.1) is 0 Å². The van der Waals surface area contributed by atoms with E-state index in [1.165, 1.54) is 11.2 Å². The van der Waals surface area contributed by atoms with Crippen LogP contribution < -0.4 is 26.6 Å². The molecule has 0 radical (unpaired) electrons. The van der Waals surface area contributed by atoms with Crippen LogP contribution in [0.25, 0.3) is 0 Å². The molecule has 2 heterocycles. The number of hydrazine groups is 1. The highest BCUT2D eigenvalue weighted by molar-refractivity contribution is 5.71. The van der Waals surface area contributed by atoms with Crippen LogP contribution in [0.3, 0.4) is 0 Å². The summed E-state index contributed by atoms with van der Waals surface area (Å²) in [6.07, 6.45) is 3.15. The lowest BCUT2D eigenvalue weighted by atomic mass is 10.3. The minimum Gasteiger partial charge on any atom is -0.478 e. The number of pyridine rings is 1. The Labute approximate surface area is 145 Å². The Kier molecular flexibility index (Phi) is 4.91. The molecule has 0 aliphatic heterocycles. The summed E-state index contributed by atoms with van der Waals surface area (Å²) in [5.41, 5.74) is 7.84. The Morgan fingerprint density at radius 2 is 1.88 bits per heavy atom. The van der Waals surface area contributed by atoms with Crippen molar-refractivity contribution in [3.05, 3.63) is 54.9 Å². The van der Waals surface area contributed by atoms with Gasteiger partial charge in [-0.2, -0.15) is 4.98 Å². The molecule has 0 amide bonds. The largest absolute Gasteiger partial charge is 0.478 e. The molecule has 1 aromatic carbocycles. The number of hydrogen-bond donors (Lipinski definition) is 3. The summed E-state index contributed by atoms with van der Waals surface area (Å²) < 4.78 is 5.32. The molecule has 3 rings (SSSR count). The second-order valence-electron chi connectivity index (χ2n) is 5.12. The molecule has 8 heteroatoms. The van der Waals surface area contributed by atoms with E-state index in [2.05, 4.69) is 20.3 Å². The van der Waals surface area contributed by atoms with Gasteiger partial charge in [0.05, 0.1) is 36.1 Å². The van der Waals surface area contributed by atoms with E-state index < -0.39 is 0 Å². The van der Waals surface area contributed by atoms with Gasteiger partial charge in [-0.3, -0.25) is 5.01 Å². The van der Waals surface area contributed by atoms with Crippen molar-refractivity contribution in [1.82, 2.24) is 15.0 Å². The molecular weight excluding hydrogens is 318 g/mol. The molecule has 3 aromatic rings. The van der Waals surface area contributed by atoms with Crippen molar-refractivity contribution < 1.29 is 4.74 Å². The summed E-state index contributed by atoms with van der Waals surface area (Å²) in [7, 11) is 0. The molecular formula is C17H19N7O. The van der Waals surface area contributed by atoms with Gasteiger partial charge >= 0.3 is 0 Å². The molecule has 0 aliphatic rings. The summed E-state index contributed by atoms with van der Waals surface area (Å²) in [6, 6.07) is 13.0. The number of benzene rings is 1. The fraction of sp³-hybridized carbons (Fsp3) is 0.118. The molecule has 5 N–H and O–H groups in total. The minimum absolute atomic E-state index is 0.363. The fourth-order valence-electron chi connectivity index (χ4n) is 2.16. The molecule has 128 valence electrons. The number of nitrogen functional groups attached to an aromatic ring is 1. The second-order valence-corrected chi connectivity index (χ2v) is 5.12. The van der Waals surface area contributed by atoms with Crippen LogP contribution in [0.1, 0.15) is 6.92 Å². The van der Waals surface area contributed by atoms with Gasteiger partial charge in [-0.05, 0) is 25.1 Å². The summed E-state index contributed by atoms with van der Waals surface area (Å²) in [4.78, 5) is 12.8. The zero-order valence-electron chi connectivity index (χ0n) is 13.8. The minimum atomic E-state index is 0.363.